The van der Waals surface area contributed by atoms with Crippen molar-refractivity contribution in [3.8, 4) is 5.75 Å². The molecule has 0 saturated carbocycles. The average Bonchev–Trinajstić information content (AvgIpc) is 2.31. The van der Waals surface area contributed by atoms with E-state index in [1.54, 1.807) is 20.8 Å². The summed E-state index contributed by atoms with van der Waals surface area (Å²) in [5.41, 5.74) is 0. The van der Waals surface area contributed by atoms with Gasteiger partial charge in [0.05, 0.1) is 12.5 Å². The number of halogens is 1. The van der Waals surface area contributed by atoms with E-state index in [1.807, 2.05) is 0 Å². The van der Waals surface area contributed by atoms with Gasteiger partial charge in [0.1, 0.15) is 17.7 Å². The summed E-state index contributed by atoms with van der Waals surface area (Å²) in [6.07, 6.45) is -0.320. The lowest BCUT2D eigenvalue weighted by Crippen LogP contribution is -2.29. The predicted molar refractivity (Wildman–Crippen MR) is 62.3 cm³/mol. The Morgan fingerprint density at radius 1 is 1.29 bits per heavy atom. The van der Waals surface area contributed by atoms with Crippen LogP contribution in [0, 0.1) is 11.7 Å². The van der Waals surface area contributed by atoms with Gasteiger partial charge in [-0.1, -0.05) is 0 Å². The van der Waals surface area contributed by atoms with Crippen molar-refractivity contribution in [1.82, 2.24) is 0 Å². The molecule has 0 aliphatic carbocycles. The van der Waals surface area contributed by atoms with E-state index >= 15 is 0 Å². The van der Waals surface area contributed by atoms with Gasteiger partial charge in [-0.25, -0.2) is 4.39 Å². The molecule has 0 N–H and O–H groups in total. The van der Waals surface area contributed by atoms with Gasteiger partial charge in [-0.3, -0.25) is 4.79 Å². The van der Waals surface area contributed by atoms with Gasteiger partial charge in [-0.15, -0.1) is 0 Å². The van der Waals surface area contributed by atoms with Crippen molar-refractivity contribution in [2.75, 3.05) is 6.61 Å². The molecule has 0 heterocycles. The Hall–Kier alpha value is -1.58. The molecular formula is C13H17FO3. The molecule has 0 amide bonds. The van der Waals surface area contributed by atoms with Gasteiger partial charge >= 0.3 is 5.97 Å². The summed E-state index contributed by atoms with van der Waals surface area (Å²) < 4.78 is 23.1. The molecule has 17 heavy (non-hydrogen) atoms. The smallest absolute Gasteiger partial charge is 0.312 e. The zero-order chi connectivity index (χ0) is 12.8. The minimum atomic E-state index is -0.361. The van der Waals surface area contributed by atoms with Crippen LogP contribution in [0.5, 0.6) is 5.75 Å². The number of hydrogen-bond acceptors (Lipinski definition) is 3. The minimum absolute atomic E-state index is 0.290. The summed E-state index contributed by atoms with van der Waals surface area (Å²) in [5, 5.41) is 0. The van der Waals surface area contributed by atoms with Crippen molar-refractivity contribution in [3.05, 3.63) is 30.1 Å². The van der Waals surface area contributed by atoms with E-state index in [0.29, 0.717) is 12.4 Å². The highest BCUT2D eigenvalue weighted by Gasteiger charge is 2.22. The average molecular weight is 240 g/mol. The standard InChI is InChI=1S/C13H17FO3/c1-4-16-13(15)9(2)10(3)17-12-7-5-11(14)6-8-12/h5-10H,4H2,1-3H3. The Morgan fingerprint density at radius 3 is 2.41 bits per heavy atom. The fourth-order valence-corrected chi connectivity index (χ4v) is 1.30. The third-order valence-electron chi connectivity index (χ3n) is 2.50. The Kier molecular flexibility index (Phi) is 4.94. The van der Waals surface area contributed by atoms with Crippen molar-refractivity contribution >= 4 is 5.97 Å². The molecule has 2 atom stereocenters. The van der Waals surface area contributed by atoms with Crippen LogP contribution >= 0.6 is 0 Å². The van der Waals surface area contributed by atoms with Crippen LogP contribution in [0.15, 0.2) is 24.3 Å². The van der Waals surface area contributed by atoms with Crippen LogP contribution in [0.2, 0.25) is 0 Å². The zero-order valence-electron chi connectivity index (χ0n) is 10.3. The van der Waals surface area contributed by atoms with E-state index in [1.165, 1.54) is 24.3 Å². The molecule has 0 spiro atoms. The van der Waals surface area contributed by atoms with Crippen LogP contribution in [0.1, 0.15) is 20.8 Å². The van der Waals surface area contributed by atoms with E-state index in [-0.39, 0.29) is 23.8 Å². The molecule has 4 heteroatoms. The first-order chi connectivity index (χ1) is 8.04. The molecule has 2 unspecified atom stereocenters. The van der Waals surface area contributed by atoms with Crippen LogP contribution < -0.4 is 4.74 Å². The van der Waals surface area contributed by atoms with Crippen LogP contribution in [0.3, 0.4) is 0 Å². The predicted octanol–water partition coefficient (Wildman–Crippen LogP) is 2.79. The lowest BCUT2D eigenvalue weighted by molar-refractivity contribution is -0.150. The van der Waals surface area contributed by atoms with Crippen molar-refractivity contribution in [1.29, 1.82) is 0 Å². The van der Waals surface area contributed by atoms with Crippen molar-refractivity contribution in [2.45, 2.75) is 26.9 Å². The van der Waals surface area contributed by atoms with E-state index in [0.717, 1.165) is 0 Å². The highest BCUT2D eigenvalue weighted by Crippen LogP contribution is 2.17. The van der Waals surface area contributed by atoms with Crippen LogP contribution in [-0.4, -0.2) is 18.7 Å². The first kappa shape index (κ1) is 13.5. The molecule has 0 bridgehead atoms. The molecule has 3 nitrogen and oxygen atoms in total. The molecule has 0 radical (unpaired) electrons. The third-order valence-corrected chi connectivity index (χ3v) is 2.50. The summed E-state index contributed by atoms with van der Waals surface area (Å²) >= 11 is 0. The second-order valence-electron chi connectivity index (χ2n) is 3.82. The highest BCUT2D eigenvalue weighted by atomic mass is 19.1. The monoisotopic (exact) mass is 240 g/mol. The Bertz CT molecular complexity index is 361. The van der Waals surface area contributed by atoms with E-state index in [2.05, 4.69) is 0 Å². The van der Waals surface area contributed by atoms with Crippen LogP contribution in [0.25, 0.3) is 0 Å². The molecule has 1 rings (SSSR count). The Morgan fingerprint density at radius 2 is 1.88 bits per heavy atom. The first-order valence-corrected chi connectivity index (χ1v) is 5.63. The fraction of sp³-hybridized carbons (Fsp3) is 0.462. The second kappa shape index (κ2) is 6.23. The topological polar surface area (TPSA) is 35.5 Å². The van der Waals surface area contributed by atoms with Crippen molar-refractivity contribution < 1.29 is 18.7 Å². The van der Waals surface area contributed by atoms with Crippen LogP contribution in [-0.2, 0) is 9.53 Å². The maximum absolute atomic E-state index is 12.7. The maximum atomic E-state index is 12.7. The fourth-order valence-electron chi connectivity index (χ4n) is 1.30. The van der Waals surface area contributed by atoms with E-state index in [9.17, 15) is 9.18 Å². The van der Waals surface area contributed by atoms with Gasteiger partial charge in [0.25, 0.3) is 0 Å². The molecule has 1 aromatic carbocycles. The largest absolute Gasteiger partial charge is 0.490 e. The molecular weight excluding hydrogens is 223 g/mol. The highest BCUT2D eigenvalue weighted by molar-refractivity contribution is 5.72. The quantitative estimate of drug-likeness (QED) is 0.742. The van der Waals surface area contributed by atoms with E-state index < -0.39 is 0 Å². The van der Waals surface area contributed by atoms with Gasteiger partial charge in [-0.05, 0) is 45.0 Å². The lowest BCUT2D eigenvalue weighted by Gasteiger charge is -2.20. The van der Waals surface area contributed by atoms with Crippen molar-refractivity contribution in [2.24, 2.45) is 5.92 Å². The number of ether oxygens (including phenoxy) is 2. The number of esters is 1. The summed E-state index contributed by atoms with van der Waals surface area (Å²) in [6, 6.07) is 5.70. The summed E-state index contributed by atoms with van der Waals surface area (Å²) in [4.78, 5) is 11.5. The van der Waals surface area contributed by atoms with Crippen molar-refractivity contribution in [3.63, 3.8) is 0 Å². The van der Waals surface area contributed by atoms with Gasteiger partial charge in [-0.2, -0.15) is 0 Å². The number of hydrogen-bond donors (Lipinski definition) is 0. The lowest BCUT2D eigenvalue weighted by atomic mass is 10.1. The van der Waals surface area contributed by atoms with E-state index in [4.69, 9.17) is 9.47 Å². The summed E-state index contributed by atoms with van der Waals surface area (Å²) in [7, 11) is 0. The zero-order valence-corrected chi connectivity index (χ0v) is 10.3. The second-order valence-corrected chi connectivity index (χ2v) is 3.82. The Labute approximate surface area is 101 Å². The van der Waals surface area contributed by atoms with Crippen LogP contribution in [0.4, 0.5) is 4.39 Å². The number of carbonyl (C=O) groups excluding carboxylic acids is 1. The molecule has 0 aliphatic heterocycles. The molecule has 94 valence electrons. The molecule has 0 aromatic heterocycles. The molecule has 0 saturated heterocycles. The number of rotatable bonds is 5. The summed E-state index contributed by atoms with van der Waals surface area (Å²) in [5.74, 6) is -0.430. The molecule has 1 aromatic rings. The molecule has 0 fully saturated rings. The first-order valence-electron chi connectivity index (χ1n) is 5.63. The van der Waals surface area contributed by atoms with Gasteiger partial charge in [0, 0.05) is 0 Å². The summed E-state index contributed by atoms with van der Waals surface area (Å²) in [6.45, 7) is 5.64. The maximum Gasteiger partial charge on any atom is 0.312 e. The third kappa shape index (κ3) is 4.06. The SMILES string of the molecule is CCOC(=O)C(C)C(C)Oc1ccc(F)cc1. The Balaban J connectivity index is 2.56. The minimum Gasteiger partial charge on any atom is -0.490 e. The number of carbonyl (C=O) groups is 1. The molecule has 0 aliphatic rings. The number of benzene rings is 1. The van der Waals surface area contributed by atoms with Gasteiger partial charge in [0.15, 0.2) is 0 Å². The van der Waals surface area contributed by atoms with Gasteiger partial charge < -0.3 is 9.47 Å². The van der Waals surface area contributed by atoms with Gasteiger partial charge in [0.2, 0.25) is 0 Å². The normalized spacial score (nSPS) is 13.9.